The van der Waals surface area contributed by atoms with Gasteiger partial charge in [-0.1, -0.05) is 23.8 Å². The van der Waals surface area contributed by atoms with Crippen molar-refractivity contribution in [1.29, 1.82) is 0 Å². The van der Waals surface area contributed by atoms with Crippen molar-refractivity contribution in [2.75, 3.05) is 22.6 Å². The number of carbonyl (C=O) groups is 1. The Morgan fingerprint density at radius 1 is 1.40 bits per heavy atom. The molecule has 1 aliphatic heterocycles. The maximum atomic E-state index is 12.2. The number of anilines is 4. The molecular weight excluding hydrogens is 404 g/mol. The third-order valence-corrected chi connectivity index (χ3v) is 5.40. The van der Waals surface area contributed by atoms with E-state index in [-0.39, 0.29) is 0 Å². The number of nitrogens with one attached hydrogen (secondary N) is 3. The molecule has 9 heteroatoms. The summed E-state index contributed by atoms with van der Waals surface area (Å²) in [6.07, 6.45) is 10.3. The number of halogens is 1. The van der Waals surface area contributed by atoms with Crippen LogP contribution in [0.5, 0.6) is 0 Å². The molecule has 2 aromatic rings. The molecule has 0 fully saturated rings. The van der Waals surface area contributed by atoms with Gasteiger partial charge in [-0.25, -0.2) is 4.98 Å². The molecule has 156 valence electrons. The van der Waals surface area contributed by atoms with Gasteiger partial charge >= 0.3 is 0 Å². The molecule has 2 atom stereocenters. The van der Waals surface area contributed by atoms with Crippen LogP contribution in [-0.4, -0.2) is 33.6 Å². The first-order valence-corrected chi connectivity index (χ1v) is 10.1. The molecule has 1 aliphatic carbocycles. The summed E-state index contributed by atoms with van der Waals surface area (Å²) in [5.41, 5.74) is 9.10. The second-order valence-electron chi connectivity index (χ2n) is 7.37. The van der Waals surface area contributed by atoms with Gasteiger partial charge in [0.05, 0.1) is 12.8 Å². The molecule has 1 aromatic carbocycles. The zero-order valence-corrected chi connectivity index (χ0v) is 17.0. The lowest BCUT2D eigenvalue weighted by atomic mass is 9.91. The van der Waals surface area contributed by atoms with Crippen LogP contribution in [-0.2, 0) is 11.2 Å². The number of hydrogen-bond donors (Lipinski definition) is 5. The summed E-state index contributed by atoms with van der Waals surface area (Å²) >= 11 is 6.29. The van der Waals surface area contributed by atoms with E-state index in [4.69, 9.17) is 22.4 Å². The molecule has 1 unspecified atom stereocenters. The minimum atomic E-state index is -0.969. The summed E-state index contributed by atoms with van der Waals surface area (Å²) < 4.78 is 0. The Kier molecular flexibility index (Phi) is 5.98. The Morgan fingerprint density at radius 3 is 3.10 bits per heavy atom. The summed E-state index contributed by atoms with van der Waals surface area (Å²) in [6.45, 7) is -0.412. The number of nitrogens with two attached hydrogens (primary N) is 1. The van der Waals surface area contributed by atoms with E-state index in [1.54, 1.807) is 6.20 Å². The molecule has 0 saturated heterocycles. The van der Waals surface area contributed by atoms with E-state index in [0.717, 1.165) is 36.2 Å². The predicted octanol–water partition coefficient (Wildman–Crippen LogP) is 2.95. The summed E-state index contributed by atoms with van der Waals surface area (Å²) in [7, 11) is 0. The highest BCUT2D eigenvalue weighted by Gasteiger charge is 2.18. The lowest BCUT2D eigenvalue weighted by molar-refractivity contribution is -0.118. The van der Waals surface area contributed by atoms with Crippen LogP contribution in [0.1, 0.15) is 18.4 Å². The van der Waals surface area contributed by atoms with Crippen molar-refractivity contribution in [2.45, 2.75) is 25.3 Å². The maximum Gasteiger partial charge on any atom is 0.243 e. The SMILES string of the molecule is N[C@@H](CO)C(=O)Nc1ccc2cc1CCC1C=CC=C(C1)Nc1ncc(Cl)c(n1)N2. The molecule has 1 aromatic heterocycles. The Bertz CT molecular complexity index is 1020. The Hall–Kier alpha value is -2.94. The average Bonchev–Trinajstić information content (AvgIpc) is 2.75. The Labute approximate surface area is 179 Å². The second-order valence-corrected chi connectivity index (χ2v) is 7.78. The number of hydrogen-bond acceptors (Lipinski definition) is 7. The molecule has 30 heavy (non-hydrogen) atoms. The summed E-state index contributed by atoms with van der Waals surface area (Å²) in [6, 6.07) is 4.64. The van der Waals surface area contributed by atoms with Crippen LogP contribution >= 0.6 is 11.6 Å². The average molecular weight is 427 g/mol. The van der Waals surface area contributed by atoms with Crippen molar-refractivity contribution >= 4 is 40.6 Å². The second kappa shape index (κ2) is 8.83. The van der Waals surface area contributed by atoms with E-state index >= 15 is 0 Å². The molecular formula is C21H23ClN6O2. The number of fused-ring (bicyclic) bond motifs is 6. The van der Waals surface area contributed by atoms with E-state index in [2.05, 4.69) is 32.0 Å². The van der Waals surface area contributed by atoms with E-state index in [9.17, 15) is 4.79 Å². The number of aromatic nitrogens is 2. The quantitative estimate of drug-likeness (QED) is 0.510. The number of benzene rings is 1. The summed E-state index contributed by atoms with van der Waals surface area (Å²) in [5, 5.41) is 18.9. The van der Waals surface area contributed by atoms with Gasteiger partial charge in [-0.2, -0.15) is 4.98 Å². The Balaban J connectivity index is 1.70. The van der Waals surface area contributed by atoms with Crippen LogP contribution in [0.4, 0.5) is 23.1 Å². The maximum absolute atomic E-state index is 12.2. The first-order chi connectivity index (χ1) is 14.5. The van der Waals surface area contributed by atoms with Gasteiger partial charge < -0.3 is 26.8 Å². The zero-order valence-electron chi connectivity index (χ0n) is 16.2. The molecule has 8 nitrogen and oxygen atoms in total. The standard InChI is InChI=1S/C21H23ClN6O2/c22-16-10-24-21-26-14-3-1-2-12(8-14)4-5-13-9-15(25-19(16)28-21)6-7-18(13)27-20(30)17(23)11-29/h1-3,6-7,9-10,12,17,29H,4-5,8,11,23H2,(H,27,30)(H2,24,25,26,28)/t12?,17-/m0/s1. The van der Waals surface area contributed by atoms with Gasteiger partial charge in [0.25, 0.3) is 0 Å². The first kappa shape index (κ1) is 20.3. The third-order valence-electron chi connectivity index (χ3n) is 5.12. The molecule has 2 heterocycles. The molecule has 6 N–H and O–H groups in total. The van der Waals surface area contributed by atoms with Gasteiger partial charge in [0.1, 0.15) is 11.1 Å². The van der Waals surface area contributed by atoms with E-state index in [0.29, 0.717) is 28.4 Å². The van der Waals surface area contributed by atoms with Crippen molar-refractivity contribution in [2.24, 2.45) is 11.7 Å². The summed E-state index contributed by atoms with van der Waals surface area (Å²) in [4.78, 5) is 21.0. The Morgan fingerprint density at radius 2 is 2.27 bits per heavy atom. The van der Waals surface area contributed by atoms with Crippen LogP contribution < -0.4 is 21.7 Å². The van der Waals surface area contributed by atoms with Gasteiger partial charge in [0.2, 0.25) is 11.9 Å². The van der Waals surface area contributed by atoms with Gasteiger partial charge in [0, 0.05) is 17.1 Å². The van der Waals surface area contributed by atoms with Crippen LogP contribution in [0.3, 0.4) is 0 Å². The van der Waals surface area contributed by atoms with E-state index in [1.165, 1.54) is 0 Å². The number of aliphatic hydroxyl groups excluding tert-OH is 1. The lowest BCUT2D eigenvalue weighted by Gasteiger charge is -2.20. The number of allylic oxidation sites excluding steroid dienone is 4. The van der Waals surface area contributed by atoms with Crippen molar-refractivity contribution in [3.8, 4) is 0 Å². The molecule has 6 bridgehead atoms. The highest BCUT2D eigenvalue weighted by molar-refractivity contribution is 6.32. The number of rotatable bonds is 3. The fourth-order valence-electron chi connectivity index (χ4n) is 3.48. The van der Waals surface area contributed by atoms with Crippen molar-refractivity contribution in [3.63, 3.8) is 0 Å². The van der Waals surface area contributed by atoms with Crippen LogP contribution in [0.15, 0.2) is 48.3 Å². The number of amides is 1. The normalized spacial score (nSPS) is 18.5. The highest BCUT2D eigenvalue weighted by Crippen LogP contribution is 2.31. The number of nitrogens with zero attached hydrogens (tertiary/aromatic N) is 2. The fourth-order valence-corrected chi connectivity index (χ4v) is 3.62. The van der Waals surface area contributed by atoms with Gasteiger partial charge in [-0.15, -0.1) is 0 Å². The smallest absolute Gasteiger partial charge is 0.243 e. The molecule has 0 spiro atoms. The first-order valence-electron chi connectivity index (χ1n) is 9.76. The largest absolute Gasteiger partial charge is 0.394 e. The highest BCUT2D eigenvalue weighted by atomic mass is 35.5. The molecule has 0 radical (unpaired) electrons. The van der Waals surface area contributed by atoms with Crippen LogP contribution in [0.2, 0.25) is 5.02 Å². The predicted molar refractivity (Wildman–Crippen MR) is 118 cm³/mol. The molecule has 1 amide bonds. The third kappa shape index (κ3) is 4.62. The van der Waals surface area contributed by atoms with Crippen molar-refractivity contribution < 1.29 is 9.90 Å². The zero-order chi connectivity index (χ0) is 21.1. The monoisotopic (exact) mass is 426 g/mol. The number of aliphatic hydroxyl groups is 1. The molecule has 0 saturated carbocycles. The fraction of sp³-hybridized carbons (Fsp3) is 0.286. The van der Waals surface area contributed by atoms with E-state index in [1.807, 2.05) is 30.4 Å². The molecule has 4 rings (SSSR count). The minimum Gasteiger partial charge on any atom is -0.394 e. The van der Waals surface area contributed by atoms with Gasteiger partial charge in [-0.3, -0.25) is 4.79 Å². The summed E-state index contributed by atoms with van der Waals surface area (Å²) in [5.74, 6) is 0.878. The topological polar surface area (TPSA) is 125 Å². The van der Waals surface area contributed by atoms with Crippen LogP contribution in [0, 0.1) is 5.92 Å². The number of carbonyl (C=O) groups excluding carboxylic acids is 1. The lowest BCUT2D eigenvalue weighted by Crippen LogP contribution is -2.38. The van der Waals surface area contributed by atoms with Gasteiger partial charge in [-0.05, 0) is 55.0 Å². The van der Waals surface area contributed by atoms with Crippen molar-refractivity contribution in [1.82, 2.24) is 9.97 Å². The minimum absolute atomic E-state index is 0.338. The van der Waals surface area contributed by atoms with Crippen LogP contribution in [0.25, 0.3) is 0 Å². The number of aryl methyl sites for hydroxylation is 1. The van der Waals surface area contributed by atoms with Crippen molar-refractivity contribution in [3.05, 3.63) is 58.9 Å². The molecule has 2 aliphatic rings. The van der Waals surface area contributed by atoms with Gasteiger partial charge in [0.15, 0.2) is 5.82 Å². The van der Waals surface area contributed by atoms with E-state index < -0.39 is 18.6 Å².